The minimum Gasteiger partial charge on any atom is -0.492 e. The number of nitrogens with zero attached hydrogens (tertiary/aromatic N) is 3. The van der Waals surface area contributed by atoms with E-state index in [1.54, 1.807) is 26.0 Å². The first kappa shape index (κ1) is 19.2. The van der Waals surface area contributed by atoms with E-state index in [4.69, 9.17) is 0 Å². The second-order valence-electron chi connectivity index (χ2n) is 8.08. The molecule has 1 saturated carbocycles. The van der Waals surface area contributed by atoms with E-state index in [-0.39, 0.29) is 17.5 Å². The van der Waals surface area contributed by atoms with Crippen LogP contribution in [0.5, 0.6) is 5.88 Å². The largest absolute Gasteiger partial charge is 0.492 e. The van der Waals surface area contributed by atoms with Gasteiger partial charge in [-0.2, -0.15) is 9.61 Å². The van der Waals surface area contributed by atoms with Gasteiger partial charge in [0, 0.05) is 18.2 Å². The number of aromatic hydroxyl groups is 1. The zero-order chi connectivity index (χ0) is 19.9. The fourth-order valence-corrected chi connectivity index (χ4v) is 2.84. The van der Waals surface area contributed by atoms with Crippen LogP contribution < -0.4 is 10.9 Å². The summed E-state index contributed by atoms with van der Waals surface area (Å²) in [6.45, 7) is 7.55. The lowest BCUT2D eigenvalue weighted by molar-refractivity contribution is 0.0944. The van der Waals surface area contributed by atoms with Gasteiger partial charge in [0.1, 0.15) is 5.65 Å². The van der Waals surface area contributed by atoms with Crippen molar-refractivity contribution in [2.24, 2.45) is 5.92 Å². The monoisotopic (exact) mass is 374 g/mol. The second kappa shape index (κ2) is 6.84. The van der Waals surface area contributed by atoms with E-state index in [9.17, 15) is 19.8 Å². The lowest BCUT2D eigenvalue weighted by Gasteiger charge is -2.15. The molecule has 8 nitrogen and oxygen atoms in total. The van der Waals surface area contributed by atoms with Crippen molar-refractivity contribution in [1.29, 1.82) is 0 Å². The molecule has 2 heterocycles. The molecule has 1 amide bonds. The molecular weight excluding hydrogens is 348 g/mol. The summed E-state index contributed by atoms with van der Waals surface area (Å²) < 4.78 is 2.67. The normalized spacial score (nSPS) is 15.2. The topological polar surface area (TPSA) is 109 Å². The minimum absolute atomic E-state index is 0.0634. The summed E-state index contributed by atoms with van der Waals surface area (Å²) in [5.41, 5.74) is -0.931. The molecule has 0 radical (unpaired) electrons. The summed E-state index contributed by atoms with van der Waals surface area (Å²) in [5.74, 6) is -0.920. The molecule has 0 spiro atoms. The Balaban J connectivity index is 2.21. The summed E-state index contributed by atoms with van der Waals surface area (Å²) in [5, 5.41) is 27.4. The number of aliphatic hydroxyl groups is 1. The molecule has 3 N–H and O–H groups in total. The van der Waals surface area contributed by atoms with Gasteiger partial charge in [-0.25, -0.2) is 0 Å². The summed E-state index contributed by atoms with van der Waals surface area (Å²) in [6, 6.07) is 0.0634. The van der Waals surface area contributed by atoms with Crippen LogP contribution in [-0.4, -0.2) is 41.9 Å². The third-order valence-electron chi connectivity index (χ3n) is 4.27. The maximum absolute atomic E-state index is 13.1. The number of nitrogens with one attached hydrogen (secondary N) is 1. The third kappa shape index (κ3) is 4.05. The molecule has 0 aromatic carbocycles. The van der Waals surface area contributed by atoms with Gasteiger partial charge in [0.05, 0.1) is 11.8 Å². The van der Waals surface area contributed by atoms with Crippen LogP contribution in [0.1, 0.15) is 56.5 Å². The third-order valence-corrected chi connectivity index (χ3v) is 4.27. The average molecular weight is 374 g/mol. The van der Waals surface area contributed by atoms with Crippen molar-refractivity contribution in [3.05, 3.63) is 33.8 Å². The quantitative estimate of drug-likeness (QED) is 0.711. The lowest BCUT2D eigenvalue weighted by atomic mass is 10.1. The average Bonchev–Trinajstić information content (AvgIpc) is 3.24. The SMILES string of the molecule is CC(C)Cn1c(=O)c(C(=O)NC2CC2)c(O)n2ncc(/C=C/C(C)(C)O)c12. The van der Waals surface area contributed by atoms with E-state index in [1.165, 1.54) is 15.3 Å². The van der Waals surface area contributed by atoms with Gasteiger partial charge >= 0.3 is 0 Å². The summed E-state index contributed by atoms with van der Waals surface area (Å²) in [7, 11) is 0. The van der Waals surface area contributed by atoms with Crippen LogP contribution in [0.25, 0.3) is 11.7 Å². The van der Waals surface area contributed by atoms with E-state index < -0.39 is 22.9 Å². The number of hydrogen-bond donors (Lipinski definition) is 3. The molecule has 8 heteroatoms. The summed E-state index contributed by atoms with van der Waals surface area (Å²) in [6.07, 6.45) is 6.49. The van der Waals surface area contributed by atoms with Crippen LogP contribution in [0.15, 0.2) is 17.1 Å². The molecule has 0 unspecified atom stereocenters. The Morgan fingerprint density at radius 2 is 2.11 bits per heavy atom. The molecule has 0 aliphatic heterocycles. The molecule has 0 bridgehead atoms. The van der Waals surface area contributed by atoms with Crippen LogP contribution >= 0.6 is 0 Å². The molecule has 2 aromatic heterocycles. The smallest absolute Gasteiger partial charge is 0.270 e. The Morgan fingerprint density at radius 3 is 2.67 bits per heavy atom. The van der Waals surface area contributed by atoms with Gasteiger partial charge < -0.3 is 15.5 Å². The van der Waals surface area contributed by atoms with Crippen LogP contribution in [0.3, 0.4) is 0 Å². The van der Waals surface area contributed by atoms with Crippen molar-refractivity contribution in [2.45, 2.75) is 58.7 Å². The number of aromatic nitrogens is 3. The number of hydrogen-bond acceptors (Lipinski definition) is 5. The van der Waals surface area contributed by atoms with Gasteiger partial charge in [0.25, 0.3) is 11.5 Å². The van der Waals surface area contributed by atoms with E-state index in [1.807, 2.05) is 13.8 Å². The predicted molar refractivity (Wildman–Crippen MR) is 102 cm³/mol. The molecule has 27 heavy (non-hydrogen) atoms. The van der Waals surface area contributed by atoms with E-state index in [0.717, 1.165) is 12.8 Å². The Labute approximate surface area is 157 Å². The minimum atomic E-state index is -1.04. The van der Waals surface area contributed by atoms with Crippen molar-refractivity contribution < 1.29 is 15.0 Å². The van der Waals surface area contributed by atoms with Crippen molar-refractivity contribution in [3.63, 3.8) is 0 Å². The highest BCUT2D eigenvalue weighted by Crippen LogP contribution is 2.24. The molecule has 1 aliphatic rings. The Hall–Kier alpha value is -2.61. The van der Waals surface area contributed by atoms with Crippen LogP contribution in [-0.2, 0) is 6.54 Å². The van der Waals surface area contributed by atoms with Gasteiger partial charge in [-0.1, -0.05) is 26.0 Å². The van der Waals surface area contributed by atoms with Crippen molar-refractivity contribution in [1.82, 2.24) is 19.5 Å². The zero-order valence-corrected chi connectivity index (χ0v) is 16.1. The zero-order valence-electron chi connectivity index (χ0n) is 16.1. The van der Waals surface area contributed by atoms with Crippen molar-refractivity contribution >= 4 is 17.6 Å². The maximum atomic E-state index is 13.1. The van der Waals surface area contributed by atoms with Crippen molar-refractivity contribution in [3.8, 4) is 5.88 Å². The van der Waals surface area contributed by atoms with E-state index in [2.05, 4.69) is 10.4 Å². The highest BCUT2D eigenvalue weighted by Gasteiger charge is 2.29. The molecule has 1 aliphatic carbocycles. The molecule has 1 fully saturated rings. The van der Waals surface area contributed by atoms with Crippen LogP contribution in [0, 0.1) is 5.92 Å². The summed E-state index contributed by atoms with van der Waals surface area (Å²) in [4.78, 5) is 25.6. The standard InChI is InChI=1S/C19H26N4O4/c1-11(2)10-22-16-12(7-8-19(3,4)27)9-20-23(16)18(26)14(17(22)25)15(24)21-13-5-6-13/h7-9,11,13,26-27H,5-6,10H2,1-4H3,(H,21,24)/b8-7+. The molecule has 0 atom stereocenters. The molecule has 3 rings (SSSR count). The van der Waals surface area contributed by atoms with Gasteiger partial charge in [0.2, 0.25) is 5.88 Å². The van der Waals surface area contributed by atoms with Gasteiger partial charge in [-0.15, -0.1) is 0 Å². The first-order valence-electron chi connectivity index (χ1n) is 9.14. The van der Waals surface area contributed by atoms with Crippen LogP contribution in [0.4, 0.5) is 0 Å². The Bertz CT molecular complexity index is 959. The number of fused-ring (bicyclic) bond motifs is 1. The predicted octanol–water partition coefficient (Wildman–Crippen LogP) is 1.53. The fourth-order valence-electron chi connectivity index (χ4n) is 2.84. The van der Waals surface area contributed by atoms with E-state index >= 15 is 0 Å². The van der Waals surface area contributed by atoms with E-state index in [0.29, 0.717) is 17.8 Å². The first-order chi connectivity index (χ1) is 12.6. The second-order valence-corrected chi connectivity index (χ2v) is 8.08. The number of amides is 1. The first-order valence-corrected chi connectivity index (χ1v) is 9.14. The molecule has 146 valence electrons. The number of carbonyl (C=O) groups is 1. The number of carbonyl (C=O) groups excluding carboxylic acids is 1. The maximum Gasteiger partial charge on any atom is 0.270 e. The molecular formula is C19H26N4O4. The van der Waals surface area contributed by atoms with Gasteiger partial charge in [-0.05, 0) is 32.6 Å². The molecule has 0 saturated heterocycles. The molecule has 2 aromatic rings. The van der Waals surface area contributed by atoms with Gasteiger partial charge in [0.15, 0.2) is 5.56 Å². The highest BCUT2D eigenvalue weighted by atomic mass is 16.3. The van der Waals surface area contributed by atoms with Gasteiger partial charge in [-0.3, -0.25) is 14.2 Å². The van der Waals surface area contributed by atoms with Crippen molar-refractivity contribution in [2.75, 3.05) is 0 Å². The Kier molecular flexibility index (Phi) is 4.86. The Morgan fingerprint density at radius 1 is 1.44 bits per heavy atom. The summed E-state index contributed by atoms with van der Waals surface area (Å²) >= 11 is 0. The number of rotatable bonds is 6. The lowest BCUT2D eigenvalue weighted by Crippen LogP contribution is -2.36. The van der Waals surface area contributed by atoms with Crippen LogP contribution in [0.2, 0.25) is 0 Å². The highest BCUT2D eigenvalue weighted by molar-refractivity contribution is 5.96. The fraction of sp³-hybridized carbons (Fsp3) is 0.526.